The van der Waals surface area contributed by atoms with E-state index in [0.29, 0.717) is 5.92 Å². The Labute approximate surface area is 205 Å². The van der Waals surface area contributed by atoms with Gasteiger partial charge in [0.2, 0.25) is 0 Å². The Bertz CT molecular complexity index is 1680. The Morgan fingerprint density at radius 3 is 2.34 bits per heavy atom. The summed E-state index contributed by atoms with van der Waals surface area (Å²) in [6.07, 6.45) is 8.57. The van der Waals surface area contributed by atoms with Gasteiger partial charge < -0.3 is 4.42 Å². The van der Waals surface area contributed by atoms with Crippen LogP contribution >= 0.6 is 0 Å². The maximum Gasteiger partial charge on any atom is 0.144 e. The molecule has 170 valence electrons. The van der Waals surface area contributed by atoms with Crippen LogP contribution in [-0.4, -0.2) is 4.98 Å². The number of furan rings is 1. The third kappa shape index (κ3) is 3.44. The van der Waals surface area contributed by atoms with Crippen molar-refractivity contribution in [1.29, 1.82) is 0 Å². The molecule has 1 aliphatic rings. The van der Waals surface area contributed by atoms with E-state index in [0.717, 1.165) is 27.8 Å². The Kier molecular flexibility index (Phi) is 4.91. The number of para-hydroxylation sites is 1. The average Bonchev–Trinajstić information content (AvgIpc) is 3.32. The van der Waals surface area contributed by atoms with Crippen molar-refractivity contribution < 1.29 is 4.42 Å². The molecule has 7 rings (SSSR count). The first-order chi connectivity index (χ1) is 17.4. The topological polar surface area (TPSA) is 26.0 Å². The highest BCUT2D eigenvalue weighted by Crippen LogP contribution is 2.42. The van der Waals surface area contributed by atoms with Gasteiger partial charge in [-0.15, -0.1) is 0 Å². The molecule has 2 nitrogen and oxygen atoms in total. The molecule has 0 unspecified atom stereocenters. The Balaban J connectivity index is 1.43. The zero-order valence-corrected chi connectivity index (χ0v) is 19.7. The second-order valence-electron chi connectivity index (χ2n) is 9.80. The van der Waals surface area contributed by atoms with Crippen LogP contribution in [0.3, 0.4) is 0 Å². The maximum absolute atomic E-state index is 6.56. The van der Waals surface area contributed by atoms with Crippen molar-refractivity contribution in [2.24, 2.45) is 0 Å². The molecule has 0 aliphatic heterocycles. The molecule has 0 saturated heterocycles. The minimum absolute atomic E-state index is 0.651. The van der Waals surface area contributed by atoms with Crippen LogP contribution in [0.1, 0.15) is 43.6 Å². The smallest absolute Gasteiger partial charge is 0.144 e. The third-order valence-corrected chi connectivity index (χ3v) is 7.74. The van der Waals surface area contributed by atoms with E-state index in [1.54, 1.807) is 0 Å². The van der Waals surface area contributed by atoms with Crippen molar-refractivity contribution in [1.82, 2.24) is 4.98 Å². The number of rotatable bonds is 3. The van der Waals surface area contributed by atoms with Crippen molar-refractivity contribution in [2.45, 2.75) is 38.0 Å². The predicted octanol–water partition coefficient (Wildman–Crippen LogP) is 9.52. The van der Waals surface area contributed by atoms with Gasteiger partial charge in [-0.1, -0.05) is 86.0 Å². The summed E-state index contributed by atoms with van der Waals surface area (Å²) in [5.41, 5.74) is 7.77. The van der Waals surface area contributed by atoms with E-state index in [9.17, 15) is 0 Å². The first-order valence-corrected chi connectivity index (χ1v) is 12.8. The van der Waals surface area contributed by atoms with E-state index in [2.05, 4.69) is 91.0 Å². The molecular weight excluding hydrogens is 426 g/mol. The van der Waals surface area contributed by atoms with E-state index < -0.39 is 0 Å². The van der Waals surface area contributed by atoms with Crippen LogP contribution in [0.25, 0.3) is 55.1 Å². The second kappa shape index (κ2) is 8.39. The summed E-state index contributed by atoms with van der Waals surface area (Å²) >= 11 is 0. The zero-order chi connectivity index (χ0) is 23.2. The summed E-state index contributed by atoms with van der Waals surface area (Å²) in [5.74, 6) is 0.651. The summed E-state index contributed by atoms with van der Waals surface area (Å²) in [6.45, 7) is 0. The molecule has 0 radical (unpaired) electrons. The Morgan fingerprint density at radius 2 is 1.40 bits per heavy atom. The lowest BCUT2D eigenvalue weighted by molar-refractivity contribution is 0.443. The van der Waals surface area contributed by atoms with E-state index in [1.165, 1.54) is 65.0 Å². The highest BCUT2D eigenvalue weighted by Gasteiger charge is 2.19. The normalized spacial score (nSPS) is 14.7. The second-order valence-corrected chi connectivity index (χ2v) is 9.80. The standard InChI is InChI=1S/C33H27NO/c1-2-9-22(10-3-1)24-19-20-34-30(21-24)28-16-7-17-29-32-27(15-8-18-31(32)35-33(28)29)26-14-6-12-23-11-4-5-13-25(23)26/h4-8,11-22H,1-3,9-10H2. The highest BCUT2D eigenvalue weighted by atomic mass is 16.3. The molecule has 4 aromatic carbocycles. The van der Waals surface area contributed by atoms with Crippen molar-refractivity contribution in [3.8, 4) is 22.4 Å². The molecule has 6 aromatic rings. The maximum atomic E-state index is 6.56. The van der Waals surface area contributed by atoms with E-state index in [-0.39, 0.29) is 0 Å². The van der Waals surface area contributed by atoms with Crippen LogP contribution in [0.5, 0.6) is 0 Å². The van der Waals surface area contributed by atoms with E-state index >= 15 is 0 Å². The van der Waals surface area contributed by atoms with Crippen LogP contribution in [0.15, 0.2) is 102 Å². The molecule has 2 heterocycles. The fraction of sp³-hybridized carbons (Fsp3) is 0.182. The first kappa shape index (κ1) is 20.5. The molecule has 0 spiro atoms. The third-order valence-electron chi connectivity index (χ3n) is 7.74. The van der Waals surface area contributed by atoms with Gasteiger partial charge >= 0.3 is 0 Å². The van der Waals surface area contributed by atoms with Gasteiger partial charge in [-0.3, -0.25) is 4.98 Å². The van der Waals surface area contributed by atoms with Gasteiger partial charge in [0.25, 0.3) is 0 Å². The van der Waals surface area contributed by atoms with E-state index in [1.807, 2.05) is 6.20 Å². The minimum Gasteiger partial charge on any atom is -0.455 e. The average molecular weight is 454 g/mol. The number of pyridine rings is 1. The molecule has 2 heteroatoms. The van der Waals surface area contributed by atoms with Gasteiger partial charge in [0.15, 0.2) is 0 Å². The van der Waals surface area contributed by atoms with Gasteiger partial charge in [0, 0.05) is 22.5 Å². The lowest BCUT2D eigenvalue weighted by atomic mass is 9.84. The molecule has 0 N–H and O–H groups in total. The minimum atomic E-state index is 0.651. The van der Waals surface area contributed by atoms with Crippen LogP contribution in [0, 0.1) is 0 Å². The number of hydrogen-bond donors (Lipinski definition) is 0. The lowest BCUT2D eigenvalue weighted by Crippen LogP contribution is -2.04. The van der Waals surface area contributed by atoms with Crippen LogP contribution in [0.4, 0.5) is 0 Å². The van der Waals surface area contributed by atoms with Crippen LogP contribution in [0.2, 0.25) is 0 Å². The SMILES string of the molecule is c1ccc2c(-c3cccc4oc5c(-c6cc(C7CCCCC7)ccn6)cccc5c34)cccc2c1. The quantitative estimate of drug-likeness (QED) is 0.267. The molecule has 1 fully saturated rings. The summed E-state index contributed by atoms with van der Waals surface area (Å²) < 4.78 is 6.56. The molecular formula is C33H27NO. The van der Waals surface area contributed by atoms with Crippen molar-refractivity contribution in [3.63, 3.8) is 0 Å². The first-order valence-electron chi connectivity index (χ1n) is 12.8. The van der Waals surface area contributed by atoms with Gasteiger partial charge in [0.1, 0.15) is 11.2 Å². The molecule has 0 atom stereocenters. The zero-order valence-electron chi connectivity index (χ0n) is 19.7. The predicted molar refractivity (Wildman–Crippen MR) is 146 cm³/mol. The molecule has 0 amide bonds. The number of fused-ring (bicyclic) bond motifs is 4. The largest absolute Gasteiger partial charge is 0.455 e. The fourth-order valence-corrected chi connectivity index (χ4v) is 6.02. The number of hydrogen-bond acceptors (Lipinski definition) is 2. The monoisotopic (exact) mass is 453 g/mol. The summed E-state index contributed by atoms with van der Waals surface area (Å²) in [4.78, 5) is 4.79. The van der Waals surface area contributed by atoms with Crippen molar-refractivity contribution >= 4 is 32.7 Å². The fourth-order valence-electron chi connectivity index (χ4n) is 6.02. The number of aromatic nitrogens is 1. The van der Waals surface area contributed by atoms with Gasteiger partial charge in [-0.2, -0.15) is 0 Å². The van der Waals surface area contributed by atoms with Crippen LogP contribution in [-0.2, 0) is 0 Å². The molecule has 1 saturated carbocycles. The summed E-state index contributed by atoms with van der Waals surface area (Å²) in [5, 5.41) is 4.82. The van der Waals surface area contributed by atoms with Gasteiger partial charge in [-0.25, -0.2) is 0 Å². The van der Waals surface area contributed by atoms with Crippen LogP contribution < -0.4 is 0 Å². The molecule has 35 heavy (non-hydrogen) atoms. The summed E-state index contributed by atoms with van der Waals surface area (Å²) in [6, 6.07) is 32.5. The van der Waals surface area contributed by atoms with E-state index in [4.69, 9.17) is 9.40 Å². The Morgan fingerprint density at radius 1 is 0.657 bits per heavy atom. The lowest BCUT2D eigenvalue weighted by Gasteiger charge is -2.22. The van der Waals surface area contributed by atoms with Crippen molar-refractivity contribution in [2.75, 3.05) is 0 Å². The number of benzene rings is 4. The summed E-state index contributed by atoms with van der Waals surface area (Å²) in [7, 11) is 0. The molecule has 1 aliphatic carbocycles. The molecule has 0 bridgehead atoms. The Hall–Kier alpha value is -3.91. The van der Waals surface area contributed by atoms with Crippen molar-refractivity contribution in [3.05, 3.63) is 103 Å². The highest BCUT2D eigenvalue weighted by molar-refractivity contribution is 6.17. The van der Waals surface area contributed by atoms with Gasteiger partial charge in [0.05, 0.1) is 5.69 Å². The van der Waals surface area contributed by atoms with Gasteiger partial charge in [-0.05, 0) is 70.5 Å². The number of nitrogens with zero attached hydrogens (tertiary/aromatic N) is 1. The molecule has 2 aromatic heterocycles.